The Balaban J connectivity index is 1.53. The molecule has 0 unspecified atom stereocenters. The van der Waals surface area contributed by atoms with E-state index in [9.17, 15) is 0 Å². The molecule has 1 aliphatic carbocycles. The molecule has 6 heteroatoms. The lowest BCUT2D eigenvalue weighted by atomic mass is 10.1. The molecule has 0 bridgehead atoms. The van der Waals surface area contributed by atoms with Crippen LogP contribution in [0.15, 0.2) is 24.7 Å². The van der Waals surface area contributed by atoms with Crippen molar-refractivity contribution in [2.24, 2.45) is 0 Å². The summed E-state index contributed by atoms with van der Waals surface area (Å²) in [5, 5.41) is 6.91. The number of hydrogen-bond acceptors (Lipinski definition) is 6. The molecule has 0 spiro atoms. The smallest absolute Gasteiger partial charge is 0.224 e. The summed E-state index contributed by atoms with van der Waals surface area (Å²) < 4.78 is 5.40. The summed E-state index contributed by atoms with van der Waals surface area (Å²) in [6, 6.07) is 2.41. The Hall–Kier alpha value is -2.21. The number of nitrogens with one attached hydrogen (secondary N) is 2. The van der Waals surface area contributed by atoms with Gasteiger partial charge in [-0.25, -0.2) is 4.98 Å². The van der Waals surface area contributed by atoms with Gasteiger partial charge in [-0.2, -0.15) is 4.98 Å². The molecule has 2 aromatic rings. The molecular formula is C18H23N5O. The Labute approximate surface area is 142 Å². The maximum Gasteiger partial charge on any atom is 0.224 e. The van der Waals surface area contributed by atoms with Crippen LogP contribution in [0.25, 0.3) is 0 Å². The third-order valence-electron chi connectivity index (χ3n) is 4.65. The van der Waals surface area contributed by atoms with Crippen molar-refractivity contribution in [3.8, 4) is 0 Å². The average Bonchev–Trinajstić information content (AvgIpc) is 3.44. The largest absolute Gasteiger partial charge is 0.381 e. The highest BCUT2D eigenvalue weighted by molar-refractivity contribution is 5.64. The zero-order valence-electron chi connectivity index (χ0n) is 14.0. The summed E-state index contributed by atoms with van der Waals surface area (Å²) in [4.78, 5) is 13.4. The maximum absolute atomic E-state index is 5.40. The van der Waals surface area contributed by atoms with Crippen LogP contribution in [0, 0.1) is 6.92 Å². The van der Waals surface area contributed by atoms with Crippen LogP contribution < -0.4 is 10.6 Å². The summed E-state index contributed by atoms with van der Waals surface area (Å²) in [5.41, 5.74) is 3.42. The number of nitrogens with zero attached hydrogens (tertiary/aromatic N) is 3. The fraction of sp³-hybridized carbons (Fsp3) is 0.500. The lowest BCUT2D eigenvalue weighted by molar-refractivity contribution is 0.0903. The highest BCUT2D eigenvalue weighted by Gasteiger charge is 2.26. The van der Waals surface area contributed by atoms with Crippen molar-refractivity contribution >= 4 is 17.5 Å². The zero-order chi connectivity index (χ0) is 16.4. The van der Waals surface area contributed by atoms with Gasteiger partial charge >= 0.3 is 0 Å². The predicted octanol–water partition coefficient (Wildman–Crippen LogP) is 3.39. The second-order valence-corrected chi connectivity index (χ2v) is 6.62. The molecule has 6 nitrogen and oxygen atoms in total. The lowest BCUT2D eigenvalue weighted by Crippen LogP contribution is -2.28. The molecule has 2 aromatic heterocycles. The number of aromatic nitrogens is 3. The van der Waals surface area contributed by atoms with Gasteiger partial charge < -0.3 is 15.4 Å². The van der Waals surface area contributed by atoms with Crippen molar-refractivity contribution in [3.05, 3.63) is 35.8 Å². The van der Waals surface area contributed by atoms with Gasteiger partial charge in [0, 0.05) is 49.1 Å². The maximum atomic E-state index is 5.40. The normalized spacial score (nSPS) is 18.4. The second kappa shape index (κ2) is 6.73. The Morgan fingerprint density at radius 1 is 1.12 bits per heavy atom. The molecule has 0 atom stereocenters. The molecule has 1 aliphatic heterocycles. The first-order valence-corrected chi connectivity index (χ1v) is 8.68. The fourth-order valence-electron chi connectivity index (χ4n) is 3.03. The number of anilines is 3. The number of aryl methyl sites for hydroxylation is 1. The third kappa shape index (κ3) is 3.48. The van der Waals surface area contributed by atoms with E-state index in [0.717, 1.165) is 43.1 Å². The van der Waals surface area contributed by atoms with Gasteiger partial charge in [0.15, 0.2) is 0 Å². The van der Waals surface area contributed by atoms with E-state index in [1.807, 2.05) is 31.6 Å². The Bertz CT molecular complexity index is 710. The van der Waals surface area contributed by atoms with Crippen LogP contribution in [-0.2, 0) is 4.74 Å². The molecule has 0 radical (unpaired) electrons. The quantitative estimate of drug-likeness (QED) is 0.878. The van der Waals surface area contributed by atoms with Crippen LogP contribution in [0.2, 0.25) is 0 Å². The highest BCUT2D eigenvalue weighted by atomic mass is 16.5. The first-order valence-electron chi connectivity index (χ1n) is 8.68. The van der Waals surface area contributed by atoms with E-state index < -0.39 is 0 Å². The number of ether oxygens (including phenoxy) is 1. The molecule has 1 saturated heterocycles. The van der Waals surface area contributed by atoms with Gasteiger partial charge in [0.05, 0.1) is 0 Å². The van der Waals surface area contributed by atoms with Gasteiger partial charge in [-0.3, -0.25) is 4.98 Å². The van der Waals surface area contributed by atoms with E-state index in [0.29, 0.717) is 17.9 Å². The van der Waals surface area contributed by atoms with Crippen molar-refractivity contribution in [3.63, 3.8) is 0 Å². The van der Waals surface area contributed by atoms with E-state index in [4.69, 9.17) is 4.74 Å². The standard InChI is InChI=1S/C18H23N5O/c1-12-10-20-18(21-14-5-8-24-9-6-14)23-17(12)22-16-4-7-19-11-15(16)13-2-3-13/h4,7,10-11,13-14H,2-3,5-6,8-9H2,1H3,(H2,19,20,21,22,23). The Kier molecular flexibility index (Phi) is 4.30. The molecule has 24 heavy (non-hydrogen) atoms. The van der Waals surface area contributed by atoms with Crippen LogP contribution in [-0.4, -0.2) is 34.2 Å². The Morgan fingerprint density at radius 3 is 2.75 bits per heavy atom. The SMILES string of the molecule is Cc1cnc(NC2CCOCC2)nc1Nc1ccncc1C1CC1. The van der Waals surface area contributed by atoms with E-state index >= 15 is 0 Å². The molecular weight excluding hydrogens is 302 g/mol. The number of rotatable bonds is 5. The molecule has 2 aliphatic rings. The van der Waals surface area contributed by atoms with Crippen LogP contribution in [0.1, 0.15) is 42.7 Å². The minimum atomic E-state index is 0.386. The Morgan fingerprint density at radius 2 is 1.96 bits per heavy atom. The predicted molar refractivity (Wildman–Crippen MR) is 93.7 cm³/mol. The van der Waals surface area contributed by atoms with Crippen molar-refractivity contribution in [1.82, 2.24) is 15.0 Å². The van der Waals surface area contributed by atoms with Crippen molar-refractivity contribution in [2.75, 3.05) is 23.8 Å². The molecule has 3 heterocycles. The van der Waals surface area contributed by atoms with Gasteiger partial charge in [-0.15, -0.1) is 0 Å². The molecule has 2 fully saturated rings. The van der Waals surface area contributed by atoms with Gasteiger partial charge in [-0.1, -0.05) is 0 Å². The van der Waals surface area contributed by atoms with E-state index in [2.05, 4.69) is 25.6 Å². The average molecular weight is 325 g/mol. The van der Waals surface area contributed by atoms with Gasteiger partial charge in [0.2, 0.25) is 5.95 Å². The van der Waals surface area contributed by atoms with Gasteiger partial charge in [0.1, 0.15) is 5.82 Å². The highest BCUT2D eigenvalue weighted by Crippen LogP contribution is 2.43. The topological polar surface area (TPSA) is 72.0 Å². The van der Waals surface area contributed by atoms with E-state index in [1.54, 1.807) is 0 Å². The van der Waals surface area contributed by atoms with Gasteiger partial charge in [-0.05, 0) is 50.2 Å². The van der Waals surface area contributed by atoms with Crippen molar-refractivity contribution in [1.29, 1.82) is 0 Å². The third-order valence-corrected chi connectivity index (χ3v) is 4.65. The molecule has 1 saturated carbocycles. The molecule has 2 N–H and O–H groups in total. The molecule has 0 amide bonds. The van der Waals surface area contributed by atoms with Crippen LogP contribution in [0.3, 0.4) is 0 Å². The zero-order valence-corrected chi connectivity index (χ0v) is 14.0. The monoisotopic (exact) mass is 325 g/mol. The summed E-state index contributed by atoms with van der Waals surface area (Å²) >= 11 is 0. The molecule has 4 rings (SSSR count). The van der Waals surface area contributed by atoms with E-state index in [-0.39, 0.29) is 0 Å². The van der Waals surface area contributed by atoms with Crippen molar-refractivity contribution in [2.45, 2.75) is 44.6 Å². The number of pyridine rings is 1. The summed E-state index contributed by atoms with van der Waals surface area (Å²) in [6.07, 6.45) is 10.2. The lowest BCUT2D eigenvalue weighted by Gasteiger charge is -2.23. The second-order valence-electron chi connectivity index (χ2n) is 6.62. The summed E-state index contributed by atoms with van der Waals surface area (Å²) in [7, 11) is 0. The minimum Gasteiger partial charge on any atom is -0.381 e. The summed E-state index contributed by atoms with van der Waals surface area (Å²) in [5.74, 6) is 2.17. The van der Waals surface area contributed by atoms with Crippen LogP contribution >= 0.6 is 0 Å². The minimum absolute atomic E-state index is 0.386. The molecule has 126 valence electrons. The number of hydrogen-bond donors (Lipinski definition) is 2. The fourth-order valence-corrected chi connectivity index (χ4v) is 3.03. The first kappa shape index (κ1) is 15.3. The van der Waals surface area contributed by atoms with Gasteiger partial charge in [0.25, 0.3) is 0 Å². The first-order chi connectivity index (χ1) is 11.8. The van der Waals surface area contributed by atoms with Crippen molar-refractivity contribution < 1.29 is 4.74 Å². The summed E-state index contributed by atoms with van der Waals surface area (Å²) in [6.45, 7) is 3.63. The van der Waals surface area contributed by atoms with E-state index in [1.165, 1.54) is 18.4 Å². The van der Waals surface area contributed by atoms with Crippen LogP contribution in [0.4, 0.5) is 17.5 Å². The van der Waals surface area contributed by atoms with Crippen LogP contribution in [0.5, 0.6) is 0 Å². The molecule has 0 aromatic carbocycles.